The van der Waals surface area contributed by atoms with Crippen molar-refractivity contribution in [1.82, 2.24) is 19.5 Å². The molecule has 2 aromatic heterocycles. The summed E-state index contributed by atoms with van der Waals surface area (Å²) in [7, 11) is 1.52. The minimum atomic E-state index is -0.514. The van der Waals surface area contributed by atoms with E-state index >= 15 is 0 Å². The Kier molecular flexibility index (Phi) is 4.28. The SMILES string of the molecule is CCOC(=O)CSCc1nc2c([nH]1)c(=O)[nH]c(=O)n2C. The fourth-order valence-electron chi connectivity index (χ4n) is 1.65. The molecule has 0 aliphatic rings. The van der Waals surface area contributed by atoms with Gasteiger partial charge >= 0.3 is 11.7 Å². The lowest BCUT2D eigenvalue weighted by Crippen LogP contribution is -2.28. The molecule has 0 saturated carbocycles. The van der Waals surface area contributed by atoms with E-state index in [1.807, 2.05) is 0 Å². The maximum Gasteiger partial charge on any atom is 0.329 e. The highest BCUT2D eigenvalue weighted by atomic mass is 32.2. The molecule has 0 amide bonds. The van der Waals surface area contributed by atoms with Crippen molar-refractivity contribution in [1.29, 1.82) is 0 Å². The van der Waals surface area contributed by atoms with E-state index in [1.165, 1.54) is 23.4 Å². The summed E-state index contributed by atoms with van der Waals surface area (Å²) in [5.41, 5.74) is -0.471. The number of esters is 1. The number of imidazole rings is 1. The molecule has 108 valence electrons. The van der Waals surface area contributed by atoms with E-state index in [0.717, 1.165) is 0 Å². The number of H-pyrrole nitrogens is 2. The molecule has 0 bridgehead atoms. The number of carbonyl (C=O) groups excluding carboxylic acids is 1. The van der Waals surface area contributed by atoms with Gasteiger partial charge < -0.3 is 9.72 Å². The van der Waals surface area contributed by atoms with Crippen molar-refractivity contribution in [2.24, 2.45) is 7.05 Å². The Morgan fingerprint density at radius 3 is 2.85 bits per heavy atom. The van der Waals surface area contributed by atoms with Crippen molar-refractivity contribution in [2.75, 3.05) is 12.4 Å². The Morgan fingerprint density at radius 1 is 1.40 bits per heavy atom. The minimum absolute atomic E-state index is 0.209. The predicted octanol–water partition coefficient (Wildman–Crippen LogP) is -0.254. The Labute approximate surface area is 117 Å². The van der Waals surface area contributed by atoms with Crippen molar-refractivity contribution in [3.8, 4) is 0 Å². The molecule has 9 heteroatoms. The summed E-state index contributed by atoms with van der Waals surface area (Å²) in [6.07, 6.45) is 0. The second-order valence-corrected chi connectivity index (χ2v) is 4.98. The summed E-state index contributed by atoms with van der Waals surface area (Å²) in [5.74, 6) is 0.862. The van der Waals surface area contributed by atoms with Gasteiger partial charge in [0.05, 0.1) is 18.1 Å². The van der Waals surface area contributed by atoms with Crippen LogP contribution in [0.4, 0.5) is 0 Å². The van der Waals surface area contributed by atoms with Crippen molar-refractivity contribution in [3.63, 3.8) is 0 Å². The molecule has 2 heterocycles. The number of hydrogen-bond acceptors (Lipinski definition) is 6. The van der Waals surface area contributed by atoms with E-state index in [4.69, 9.17) is 4.74 Å². The molecular formula is C11H14N4O4S. The summed E-state index contributed by atoms with van der Waals surface area (Å²) < 4.78 is 6.06. The molecule has 2 rings (SSSR count). The van der Waals surface area contributed by atoms with Crippen LogP contribution >= 0.6 is 11.8 Å². The standard InChI is InChI=1S/C11H14N4O4S/c1-3-19-7(16)5-20-4-6-12-8-9(13-6)15(2)11(18)14-10(8)17/h3-5H2,1-2H3,(H,12,13)(H,14,17,18). The largest absolute Gasteiger partial charge is 0.465 e. The van der Waals surface area contributed by atoms with Crippen LogP contribution < -0.4 is 11.2 Å². The number of thioether (sulfide) groups is 1. The van der Waals surface area contributed by atoms with Crippen molar-refractivity contribution >= 4 is 28.9 Å². The van der Waals surface area contributed by atoms with Crippen LogP contribution in [-0.2, 0) is 22.3 Å². The maximum atomic E-state index is 11.6. The van der Waals surface area contributed by atoms with Crippen molar-refractivity contribution in [2.45, 2.75) is 12.7 Å². The molecule has 0 unspecified atom stereocenters. The normalized spacial score (nSPS) is 10.9. The molecule has 0 aromatic carbocycles. The van der Waals surface area contributed by atoms with E-state index in [2.05, 4.69) is 15.0 Å². The van der Waals surface area contributed by atoms with Crippen LogP contribution in [0.2, 0.25) is 0 Å². The lowest BCUT2D eigenvalue weighted by molar-refractivity contribution is -0.139. The zero-order valence-corrected chi connectivity index (χ0v) is 11.9. The molecule has 0 radical (unpaired) electrons. The smallest absolute Gasteiger partial charge is 0.329 e. The van der Waals surface area contributed by atoms with E-state index in [-0.39, 0.29) is 17.2 Å². The molecule has 0 aliphatic carbocycles. The molecule has 2 aromatic rings. The van der Waals surface area contributed by atoms with Gasteiger partial charge in [0, 0.05) is 7.05 Å². The second kappa shape index (κ2) is 5.95. The Balaban J connectivity index is 2.15. The maximum absolute atomic E-state index is 11.6. The van der Waals surface area contributed by atoms with Crippen molar-refractivity contribution < 1.29 is 9.53 Å². The van der Waals surface area contributed by atoms with Gasteiger partial charge in [0.1, 0.15) is 11.3 Å². The first-order valence-electron chi connectivity index (χ1n) is 5.94. The zero-order valence-electron chi connectivity index (χ0n) is 11.1. The Hall–Kier alpha value is -2.03. The van der Waals surface area contributed by atoms with E-state index in [0.29, 0.717) is 23.8 Å². The van der Waals surface area contributed by atoms with Crippen molar-refractivity contribution in [3.05, 3.63) is 26.7 Å². The number of aromatic amines is 2. The predicted molar refractivity (Wildman–Crippen MR) is 74.8 cm³/mol. The summed E-state index contributed by atoms with van der Waals surface area (Å²) in [5, 5.41) is 0. The van der Waals surface area contributed by atoms with Gasteiger partial charge in [-0.3, -0.25) is 19.1 Å². The lowest BCUT2D eigenvalue weighted by atomic mass is 10.5. The minimum Gasteiger partial charge on any atom is -0.465 e. The van der Waals surface area contributed by atoms with Gasteiger partial charge in [-0.25, -0.2) is 9.78 Å². The lowest BCUT2D eigenvalue weighted by Gasteiger charge is -1.99. The highest BCUT2D eigenvalue weighted by molar-refractivity contribution is 7.99. The van der Waals surface area contributed by atoms with Crippen LogP contribution in [0.5, 0.6) is 0 Å². The fourth-order valence-corrected chi connectivity index (χ4v) is 2.34. The van der Waals surface area contributed by atoms with Crippen LogP contribution in [0.25, 0.3) is 11.2 Å². The van der Waals surface area contributed by atoms with Gasteiger partial charge in [-0.1, -0.05) is 0 Å². The average molecular weight is 298 g/mol. The highest BCUT2D eigenvalue weighted by Crippen LogP contribution is 2.12. The average Bonchev–Trinajstić information content (AvgIpc) is 2.81. The van der Waals surface area contributed by atoms with Gasteiger partial charge in [-0.2, -0.15) is 0 Å². The fraction of sp³-hybridized carbons (Fsp3) is 0.455. The summed E-state index contributed by atoms with van der Waals surface area (Å²) in [6, 6.07) is 0. The zero-order chi connectivity index (χ0) is 14.7. The topological polar surface area (TPSA) is 110 Å². The van der Waals surface area contributed by atoms with Gasteiger partial charge in [-0.15, -0.1) is 11.8 Å². The number of nitrogens with zero attached hydrogens (tertiary/aromatic N) is 2. The molecule has 0 saturated heterocycles. The monoisotopic (exact) mass is 298 g/mol. The van der Waals surface area contributed by atoms with Gasteiger partial charge in [0.25, 0.3) is 5.56 Å². The number of aromatic nitrogens is 4. The molecule has 8 nitrogen and oxygen atoms in total. The Bertz CT molecular complexity index is 745. The molecule has 0 atom stereocenters. The first-order valence-corrected chi connectivity index (χ1v) is 7.09. The second-order valence-electron chi connectivity index (χ2n) is 4.00. The third-order valence-electron chi connectivity index (χ3n) is 2.57. The van der Waals surface area contributed by atoms with Crippen LogP contribution in [-0.4, -0.2) is 37.8 Å². The first kappa shape index (κ1) is 14.4. The van der Waals surface area contributed by atoms with Crippen LogP contribution in [0.1, 0.15) is 12.7 Å². The van der Waals surface area contributed by atoms with Gasteiger partial charge in [-0.05, 0) is 6.92 Å². The number of nitrogens with one attached hydrogen (secondary N) is 2. The number of hydrogen-bond donors (Lipinski definition) is 2. The number of carbonyl (C=O) groups is 1. The number of aryl methyl sites for hydroxylation is 1. The van der Waals surface area contributed by atoms with Crippen LogP contribution in [0.15, 0.2) is 9.59 Å². The summed E-state index contributed by atoms with van der Waals surface area (Å²) in [6.45, 7) is 2.09. The first-order chi connectivity index (χ1) is 9.52. The van der Waals surface area contributed by atoms with Crippen LogP contribution in [0, 0.1) is 0 Å². The van der Waals surface area contributed by atoms with E-state index in [9.17, 15) is 14.4 Å². The van der Waals surface area contributed by atoms with E-state index < -0.39 is 11.2 Å². The Morgan fingerprint density at radius 2 is 2.15 bits per heavy atom. The van der Waals surface area contributed by atoms with Gasteiger partial charge in [0.2, 0.25) is 0 Å². The third kappa shape index (κ3) is 2.93. The quantitative estimate of drug-likeness (QED) is 0.736. The van der Waals surface area contributed by atoms with E-state index in [1.54, 1.807) is 6.92 Å². The third-order valence-corrected chi connectivity index (χ3v) is 3.49. The number of ether oxygens (including phenoxy) is 1. The van der Waals surface area contributed by atoms with Crippen LogP contribution in [0.3, 0.4) is 0 Å². The number of fused-ring (bicyclic) bond motifs is 1. The summed E-state index contributed by atoms with van der Waals surface area (Å²) in [4.78, 5) is 43.4. The molecule has 0 spiro atoms. The molecular weight excluding hydrogens is 284 g/mol. The summed E-state index contributed by atoms with van der Waals surface area (Å²) >= 11 is 1.32. The molecule has 20 heavy (non-hydrogen) atoms. The van der Waals surface area contributed by atoms with Gasteiger partial charge in [0.15, 0.2) is 5.65 Å². The number of rotatable bonds is 5. The molecule has 0 fully saturated rings. The highest BCUT2D eigenvalue weighted by Gasteiger charge is 2.11. The molecule has 0 aliphatic heterocycles. The molecule has 2 N–H and O–H groups in total.